The molecule has 1 aromatic carbocycles. The molecular formula is C13H16BrNO. The van der Waals surface area contributed by atoms with E-state index in [2.05, 4.69) is 54.2 Å². The van der Waals surface area contributed by atoms with Crippen LogP contribution in [0.4, 0.5) is 5.69 Å². The summed E-state index contributed by atoms with van der Waals surface area (Å²) in [6.07, 6.45) is 0.507. The molecule has 1 aliphatic heterocycles. The summed E-state index contributed by atoms with van der Waals surface area (Å²) in [6.45, 7) is 6.59. The molecule has 1 aromatic rings. The first kappa shape index (κ1) is 11.6. The van der Waals surface area contributed by atoms with Crippen LogP contribution in [-0.2, 0) is 11.2 Å². The van der Waals surface area contributed by atoms with Gasteiger partial charge in [-0.3, -0.25) is 4.79 Å². The van der Waals surface area contributed by atoms with E-state index >= 15 is 0 Å². The highest BCUT2D eigenvalue weighted by atomic mass is 79.9. The Balaban J connectivity index is 2.33. The summed E-state index contributed by atoms with van der Waals surface area (Å²) in [6, 6.07) is 6.20. The van der Waals surface area contributed by atoms with Crippen molar-refractivity contribution in [3.05, 3.63) is 29.3 Å². The van der Waals surface area contributed by atoms with Crippen molar-refractivity contribution in [3.8, 4) is 0 Å². The maximum absolute atomic E-state index is 11.3. The fraction of sp³-hybridized carbons (Fsp3) is 0.462. The Labute approximate surface area is 105 Å². The maximum Gasteiger partial charge on any atom is 0.228 e. The summed E-state index contributed by atoms with van der Waals surface area (Å²) < 4.78 is 0. The largest absolute Gasteiger partial charge is 0.326 e. The number of alkyl halides is 1. The lowest BCUT2D eigenvalue weighted by atomic mass is 9.87. The lowest BCUT2D eigenvalue weighted by Gasteiger charge is -2.26. The van der Waals surface area contributed by atoms with E-state index in [1.807, 2.05) is 6.07 Å². The molecule has 3 heteroatoms. The molecule has 86 valence electrons. The Morgan fingerprint density at radius 1 is 1.38 bits per heavy atom. The Morgan fingerprint density at radius 2 is 2.06 bits per heavy atom. The van der Waals surface area contributed by atoms with Gasteiger partial charge in [-0.25, -0.2) is 0 Å². The van der Waals surface area contributed by atoms with Crippen LogP contribution in [0.15, 0.2) is 18.2 Å². The van der Waals surface area contributed by atoms with Gasteiger partial charge < -0.3 is 5.32 Å². The van der Waals surface area contributed by atoms with Gasteiger partial charge in [-0.15, -0.1) is 0 Å². The van der Waals surface area contributed by atoms with Gasteiger partial charge >= 0.3 is 0 Å². The minimum absolute atomic E-state index is 0.0917. The van der Waals surface area contributed by atoms with Gasteiger partial charge in [0.2, 0.25) is 5.91 Å². The van der Waals surface area contributed by atoms with Gasteiger partial charge in [0.25, 0.3) is 0 Å². The van der Waals surface area contributed by atoms with Crippen LogP contribution in [0.1, 0.15) is 36.7 Å². The Morgan fingerprint density at radius 3 is 2.69 bits per heavy atom. The van der Waals surface area contributed by atoms with Crippen LogP contribution in [0.5, 0.6) is 0 Å². The number of anilines is 1. The SMILES string of the molecule is CC(C)(C)C(Br)c1ccc2c(c1)CC(=O)N2. The molecule has 1 amide bonds. The summed E-state index contributed by atoms with van der Waals surface area (Å²) >= 11 is 3.72. The van der Waals surface area contributed by atoms with E-state index < -0.39 is 0 Å². The van der Waals surface area contributed by atoms with E-state index in [0.717, 1.165) is 11.3 Å². The number of benzene rings is 1. The van der Waals surface area contributed by atoms with Crippen molar-refractivity contribution in [2.24, 2.45) is 5.41 Å². The Kier molecular flexibility index (Phi) is 2.82. The highest BCUT2D eigenvalue weighted by molar-refractivity contribution is 9.09. The number of hydrogen-bond donors (Lipinski definition) is 1. The number of carbonyl (C=O) groups excluding carboxylic acids is 1. The third-order valence-corrected chi connectivity index (χ3v) is 4.71. The summed E-state index contributed by atoms with van der Waals surface area (Å²) in [4.78, 5) is 11.6. The van der Waals surface area contributed by atoms with E-state index in [9.17, 15) is 4.79 Å². The smallest absolute Gasteiger partial charge is 0.228 e. The van der Waals surface area contributed by atoms with E-state index in [4.69, 9.17) is 0 Å². The topological polar surface area (TPSA) is 29.1 Å². The third kappa shape index (κ3) is 2.14. The van der Waals surface area contributed by atoms with Crippen LogP contribution >= 0.6 is 15.9 Å². The first-order valence-electron chi connectivity index (χ1n) is 5.44. The molecule has 1 heterocycles. The van der Waals surface area contributed by atoms with Gasteiger partial charge in [0.05, 0.1) is 6.42 Å². The second kappa shape index (κ2) is 3.88. The molecule has 0 aromatic heterocycles. The molecule has 0 fully saturated rings. The minimum atomic E-state index is 0.0917. The summed E-state index contributed by atoms with van der Waals surface area (Å²) in [5, 5.41) is 2.85. The molecule has 1 unspecified atom stereocenters. The normalized spacial score (nSPS) is 16.9. The van der Waals surface area contributed by atoms with Crippen molar-refractivity contribution in [1.82, 2.24) is 0 Å². The summed E-state index contributed by atoms with van der Waals surface area (Å²) in [5.74, 6) is 0.0917. The first-order chi connectivity index (χ1) is 7.38. The molecule has 16 heavy (non-hydrogen) atoms. The van der Waals surface area contributed by atoms with E-state index in [0.29, 0.717) is 11.2 Å². The van der Waals surface area contributed by atoms with Crippen LogP contribution in [0.3, 0.4) is 0 Å². The quantitative estimate of drug-likeness (QED) is 0.782. The monoisotopic (exact) mass is 281 g/mol. The Hall–Kier alpha value is -0.830. The molecule has 2 rings (SSSR count). The fourth-order valence-corrected chi connectivity index (χ4v) is 2.19. The number of hydrogen-bond acceptors (Lipinski definition) is 1. The maximum atomic E-state index is 11.3. The van der Waals surface area contributed by atoms with Gasteiger partial charge in [-0.1, -0.05) is 48.8 Å². The fourth-order valence-electron chi connectivity index (χ4n) is 1.91. The van der Waals surface area contributed by atoms with Crippen molar-refractivity contribution >= 4 is 27.5 Å². The lowest BCUT2D eigenvalue weighted by Crippen LogP contribution is -2.12. The zero-order valence-electron chi connectivity index (χ0n) is 9.80. The highest BCUT2D eigenvalue weighted by Crippen LogP contribution is 2.41. The predicted molar refractivity (Wildman–Crippen MR) is 69.9 cm³/mol. The van der Waals surface area contributed by atoms with Crippen molar-refractivity contribution in [1.29, 1.82) is 0 Å². The minimum Gasteiger partial charge on any atom is -0.326 e. The van der Waals surface area contributed by atoms with Gasteiger partial charge in [0.15, 0.2) is 0 Å². The number of rotatable bonds is 1. The third-order valence-electron chi connectivity index (χ3n) is 2.81. The van der Waals surface area contributed by atoms with Crippen molar-refractivity contribution < 1.29 is 4.79 Å². The average Bonchev–Trinajstić information content (AvgIpc) is 2.54. The number of amides is 1. The van der Waals surface area contributed by atoms with Crippen molar-refractivity contribution in [2.75, 3.05) is 5.32 Å². The first-order valence-corrected chi connectivity index (χ1v) is 6.36. The van der Waals surface area contributed by atoms with Crippen molar-refractivity contribution in [3.63, 3.8) is 0 Å². The summed E-state index contributed by atoms with van der Waals surface area (Å²) in [7, 11) is 0. The highest BCUT2D eigenvalue weighted by Gasteiger charge is 2.25. The van der Waals surface area contributed by atoms with E-state index in [1.165, 1.54) is 5.56 Å². The molecule has 1 aliphatic rings. The molecule has 1 atom stereocenters. The Bertz CT molecular complexity index is 434. The number of halogens is 1. The van der Waals surface area contributed by atoms with Crippen LogP contribution in [-0.4, -0.2) is 5.91 Å². The van der Waals surface area contributed by atoms with Gasteiger partial charge in [0, 0.05) is 10.5 Å². The van der Waals surface area contributed by atoms with Crippen LogP contribution in [0, 0.1) is 5.41 Å². The van der Waals surface area contributed by atoms with Gasteiger partial charge in [-0.05, 0) is 22.6 Å². The zero-order chi connectivity index (χ0) is 11.9. The molecule has 0 radical (unpaired) electrons. The molecule has 0 aliphatic carbocycles. The lowest BCUT2D eigenvalue weighted by molar-refractivity contribution is -0.115. The number of nitrogens with one attached hydrogen (secondary N) is 1. The molecule has 0 spiro atoms. The molecular weight excluding hydrogens is 266 g/mol. The zero-order valence-corrected chi connectivity index (χ0v) is 11.4. The number of fused-ring (bicyclic) bond motifs is 1. The van der Waals surface area contributed by atoms with Crippen LogP contribution < -0.4 is 5.32 Å². The van der Waals surface area contributed by atoms with Crippen LogP contribution in [0.25, 0.3) is 0 Å². The molecule has 1 N–H and O–H groups in total. The molecule has 0 saturated carbocycles. The molecule has 2 nitrogen and oxygen atoms in total. The standard InChI is InChI=1S/C13H16BrNO/c1-13(2,3)12(14)8-4-5-10-9(6-8)7-11(16)15-10/h4-6,12H,7H2,1-3H3,(H,15,16). The molecule has 0 bridgehead atoms. The van der Waals surface area contributed by atoms with E-state index in [1.54, 1.807) is 0 Å². The van der Waals surface area contributed by atoms with Gasteiger partial charge in [0.1, 0.15) is 0 Å². The second-order valence-electron chi connectivity index (χ2n) is 5.37. The predicted octanol–water partition coefficient (Wildman–Crippen LogP) is 3.66. The van der Waals surface area contributed by atoms with E-state index in [-0.39, 0.29) is 11.3 Å². The van der Waals surface area contributed by atoms with Gasteiger partial charge in [-0.2, -0.15) is 0 Å². The molecule has 0 saturated heterocycles. The number of carbonyl (C=O) groups is 1. The summed E-state index contributed by atoms with van der Waals surface area (Å²) in [5.41, 5.74) is 3.48. The average molecular weight is 282 g/mol. The second-order valence-corrected chi connectivity index (χ2v) is 6.29. The van der Waals surface area contributed by atoms with Crippen LogP contribution in [0.2, 0.25) is 0 Å². The van der Waals surface area contributed by atoms with Crippen molar-refractivity contribution in [2.45, 2.75) is 32.0 Å².